The van der Waals surface area contributed by atoms with Crippen molar-refractivity contribution in [1.29, 1.82) is 0 Å². The molecular weight excluding hydrogens is 258 g/mol. The van der Waals surface area contributed by atoms with Gasteiger partial charge in [-0.3, -0.25) is 0 Å². The van der Waals surface area contributed by atoms with Crippen molar-refractivity contribution in [3.63, 3.8) is 0 Å². The van der Waals surface area contributed by atoms with Gasteiger partial charge in [0.05, 0.1) is 26.2 Å². The van der Waals surface area contributed by atoms with E-state index in [0.717, 1.165) is 12.4 Å². The summed E-state index contributed by atoms with van der Waals surface area (Å²) in [7, 11) is 0. The molecular formula is C19H34NO+. The molecule has 0 aliphatic carbocycles. The van der Waals surface area contributed by atoms with Crippen molar-refractivity contribution in [3.05, 3.63) is 28.8 Å². The Morgan fingerprint density at radius 2 is 1.43 bits per heavy atom. The van der Waals surface area contributed by atoms with Crippen LogP contribution >= 0.6 is 0 Å². The minimum atomic E-state index is 0.850. The van der Waals surface area contributed by atoms with Gasteiger partial charge in [0.15, 0.2) is 0 Å². The fourth-order valence-electron chi connectivity index (χ4n) is 3.00. The van der Waals surface area contributed by atoms with Crippen LogP contribution in [0.4, 0.5) is 0 Å². The highest BCUT2D eigenvalue weighted by Gasteiger charge is 2.05. The van der Waals surface area contributed by atoms with E-state index in [1.807, 2.05) is 0 Å². The van der Waals surface area contributed by atoms with E-state index < -0.39 is 0 Å². The van der Waals surface area contributed by atoms with E-state index in [1.165, 1.54) is 62.0 Å². The van der Waals surface area contributed by atoms with E-state index in [2.05, 4.69) is 46.8 Å². The standard InChI is InChI=1S/C19H33NO/c1-6-20(7-2)12-10-8-9-11-13-21-19-17(4)14-16(3)15-18(19)5/h14-15H,6-13H2,1-5H3/p+1. The molecule has 1 aromatic carbocycles. The first kappa shape index (κ1) is 18.0. The minimum absolute atomic E-state index is 0.850. The molecule has 1 rings (SSSR count). The van der Waals surface area contributed by atoms with Crippen LogP contribution in [0.5, 0.6) is 5.75 Å². The van der Waals surface area contributed by atoms with Crippen molar-refractivity contribution in [2.24, 2.45) is 0 Å². The van der Waals surface area contributed by atoms with Gasteiger partial charge in [0, 0.05) is 0 Å². The largest absolute Gasteiger partial charge is 0.493 e. The lowest BCUT2D eigenvalue weighted by atomic mass is 10.1. The van der Waals surface area contributed by atoms with Crippen molar-refractivity contribution < 1.29 is 9.64 Å². The quantitative estimate of drug-likeness (QED) is 0.652. The third kappa shape index (κ3) is 6.52. The highest BCUT2D eigenvalue weighted by molar-refractivity contribution is 5.42. The van der Waals surface area contributed by atoms with Crippen LogP contribution in [0.3, 0.4) is 0 Å². The molecule has 1 aromatic rings. The first-order chi connectivity index (χ1) is 10.1. The van der Waals surface area contributed by atoms with Crippen LogP contribution < -0.4 is 9.64 Å². The summed E-state index contributed by atoms with van der Waals surface area (Å²) in [6.45, 7) is 15.7. The Bertz CT molecular complexity index is 387. The molecule has 0 aromatic heterocycles. The molecule has 120 valence electrons. The number of rotatable bonds is 10. The SMILES string of the molecule is CC[NH+](CC)CCCCCCOc1c(C)cc(C)cc1C. The second-order valence-corrected chi connectivity index (χ2v) is 6.20. The molecule has 0 saturated heterocycles. The minimum Gasteiger partial charge on any atom is -0.493 e. The third-order valence-electron chi connectivity index (χ3n) is 4.28. The Balaban J connectivity index is 2.18. The number of nitrogens with one attached hydrogen (secondary N) is 1. The molecule has 0 aliphatic heterocycles. The zero-order valence-corrected chi connectivity index (χ0v) is 14.7. The Kier molecular flexibility index (Phi) is 8.44. The molecule has 0 atom stereocenters. The molecule has 0 heterocycles. The maximum atomic E-state index is 5.99. The maximum Gasteiger partial charge on any atom is 0.125 e. The molecule has 21 heavy (non-hydrogen) atoms. The highest BCUT2D eigenvalue weighted by atomic mass is 16.5. The topological polar surface area (TPSA) is 13.7 Å². The van der Waals surface area contributed by atoms with E-state index in [0.29, 0.717) is 0 Å². The smallest absolute Gasteiger partial charge is 0.125 e. The number of aryl methyl sites for hydroxylation is 3. The molecule has 0 bridgehead atoms. The van der Waals surface area contributed by atoms with E-state index in [1.54, 1.807) is 4.90 Å². The van der Waals surface area contributed by atoms with Gasteiger partial charge in [0.2, 0.25) is 0 Å². The van der Waals surface area contributed by atoms with Gasteiger partial charge >= 0.3 is 0 Å². The summed E-state index contributed by atoms with van der Waals surface area (Å²) in [5, 5.41) is 0. The molecule has 0 unspecified atom stereocenters. The van der Waals surface area contributed by atoms with Crippen molar-refractivity contribution in [1.82, 2.24) is 0 Å². The fraction of sp³-hybridized carbons (Fsp3) is 0.684. The Hall–Kier alpha value is -1.02. The third-order valence-corrected chi connectivity index (χ3v) is 4.28. The first-order valence-corrected chi connectivity index (χ1v) is 8.62. The number of ether oxygens (including phenoxy) is 1. The van der Waals surface area contributed by atoms with Gasteiger partial charge in [-0.15, -0.1) is 0 Å². The van der Waals surface area contributed by atoms with Gasteiger partial charge < -0.3 is 9.64 Å². The second kappa shape index (κ2) is 9.83. The number of hydrogen-bond donors (Lipinski definition) is 1. The molecule has 2 nitrogen and oxygen atoms in total. The molecule has 1 N–H and O–H groups in total. The molecule has 0 aliphatic rings. The summed E-state index contributed by atoms with van der Waals surface area (Å²) in [5.74, 6) is 1.09. The van der Waals surface area contributed by atoms with Gasteiger partial charge in [0.25, 0.3) is 0 Å². The molecule has 0 amide bonds. The Morgan fingerprint density at radius 3 is 2.00 bits per heavy atom. The number of quaternary nitrogens is 1. The summed E-state index contributed by atoms with van der Waals surface area (Å²) in [5.41, 5.74) is 3.84. The average molecular weight is 292 g/mol. The Morgan fingerprint density at radius 1 is 0.857 bits per heavy atom. The first-order valence-electron chi connectivity index (χ1n) is 8.62. The van der Waals surface area contributed by atoms with Gasteiger partial charge in [-0.05, 0) is 71.4 Å². The van der Waals surface area contributed by atoms with Gasteiger partial charge in [-0.1, -0.05) is 17.7 Å². The van der Waals surface area contributed by atoms with Crippen LogP contribution in [0.2, 0.25) is 0 Å². The number of hydrogen-bond acceptors (Lipinski definition) is 1. The van der Waals surface area contributed by atoms with Gasteiger partial charge in [0.1, 0.15) is 5.75 Å². The van der Waals surface area contributed by atoms with Crippen LogP contribution in [0, 0.1) is 20.8 Å². The lowest BCUT2D eigenvalue weighted by molar-refractivity contribution is -0.896. The molecule has 0 saturated carbocycles. The molecule has 0 radical (unpaired) electrons. The van der Waals surface area contributed by atoms with Crippen LogP contribution in [-0.4, -0.2) is 26.2 Å². The van der Waals surface area contributed by atoms with Crippen molar-refractivity contribution in [3.8, 4) is 5.75 Å². The van der Waals surface area contributed by atoms with Crippen LogP contribution in [0.15, 0.2) is 12.1 Å². The van der Waals surface area contributed by atoms with E-state index in [4.69, 9.17) is 4.74 Å². The van der Waals surface area contributed by atoms with Crippen molar-refractivity contribution >= 4 is 0 Å². The molecule has 2 heteroatoms. The van der Waals surface area contributed by atoms with E-state index >= 15 is 0 Å². The fourth-order valence-corrected chi connectivity index (χ4v) is 3.00. The van der Waals surface area contributed by atoms with Gasteiger partial charge in [-0.25, -0.2) is 0 Å². The normalized spacial score (nSPS) is 11.1. The van der Waals surface area contributed by atoms with Gasteiger partial charge in [-0.2, -0.15) is 0 Å². The zero-order valence-electron chi connectivity index (χ0n) is 14.7. The van der Waals surface area contributed by atoms with E-state index in [-0.39, 0.29) is 0 Å². The van der Waals surface area contributed by atoms with Crippen molar-refractivity contribution in [2.45, 2.75) is 60.3 Å². The summed E-state index contributed by atoms with van der Waals surface area (Å²) in [4.78, 5) is 1.72. The lowest BCUT2D eigenvalue weighted by Crippen LogP contribution is -3.11. The maximum absolute atomic E-state index is 5.99. The second-order valence-electron chi connectivity index (χ2n) is 6.20. The summed E-state index contributed by atoms with van der Waals surface area (Å²) in [6.07, 6.45) is 5.13. The van der Waals surface area contributed by atoms with Crippen LogP contribution in [0.1, 0.15) is 56.2 Å². The predicted octanol–water partition coefficient (Wildman–Crippen LogP) is 3.48. The number of benzene rings is 1. The van der Waals surface area contributed by atoms with Crippen molar-refractivity contribution in [2.75, 3.05) is 26.2 Å². The predicted molar refractivity (Wildman–Crippen MR) is 91.5 cm³/mol. The van der Waals surface area contributed by atoms with E-state index in [9.17, 15) is 0 Å². The molecule has 0 fully saturated rings. The number of unbranched alkanes of at least 4 members (excludes halogenated alkanes) is 3. The average Bonchev–Trinajstić information content (AvgIpc) is 2.44. The lowest BCUT2D eigenvalue weighted by Gasteiger charge is -2.15. The highest BCUT2D eigenvalue weighted by Crippen LogP contribution is 2.24. The summed E-state index contributed by atoms with van der Waals surface area (Å²) >= 11 is 0. The Labute approximate surface area is 131 Å². The zero-order chi connectivity index (χ0) is 15.7. The summed E-state index contributed by atoms with van der Waals surface area (Å²) in [6, 6.07) is 4.41. The summed E-state index contributed by atoms with van der Waals surface area (Å²) < 4.78 is 5.99. The molecule has 0 spiro atoms. The monoisotopic (exact) mass is 292 g/mol. The van der Waals surface area contributed by atoms with Crippen LogP contribution in [-0.2, 0) is 0 Å². The van der Waals surface area contributed by atoms with Crippen LogP contribution in [0.25, 0.3) is 0 Å².